The fraction of sp³-hybridized carbons (Fsp3) is 1.00. The van der Waals surface area contributed by atoms with E-state index in [-0.39, 0.29) is 24.7 Å². The average Bonchev–Trinajstić information content (AvgIpc) is 2.77. The molecular formula is C11H18F2O. The van der Waals surface area contributed by atoms with Crippen LogP contribution in [-0.4, -0.2) is 16.6 Å². The minimum Gasteiger partial charge on any atom is -0.389 e. The highest BCUT2D eigenvalue weighted by Gasteiger charge is 2.59. The summed E-state index contributed by atoms with van der Waals surface area (Å²) in [7, 11) is 0. The normalized spacial score (nSPS) is 46.3. The molecule has 3 heteroatoms. The van der Waals surface area contributed by atoms with E-state index in [1.165, 1.54) is 0 Å². The molecular weight excluding hydrogens is 186 g/mol. The van der Waals surface area contributed by atoms with Crippen LogP contribution >= 0.6 is 0 Å². The molecule has 0 saturated heterocycles. The Labute approximate surface area is 83.5 Å². The third-order valence-electron chi connectivity index (χ3n) is 3.96. The Morgan fingerprint density at radius 1 is 1.36 bits per heavy atom. The quantitative estimate of drug-likeness (QED) is 0.733. The number of hydrogen-bond acceptors (Lipinski definition) is 1. The van der Waals surface area contributed by atoms with Crippen LogP contribution in [0.3, 0.4) is 0 Å². The highest BCUT2D eigenvalue weighted by atomic mass is 19.3. The van der Waals surface area contributed by atoms with Crippen molar-refractivity contribution in [2.75, 3.05) is 0 Å². The van der Waals surface area contributed by atoms with Crippen LogP contribution in [0, 0.1) is 11.8 Å². The molecule has 0 spiro atoms. The molecule has 2 saturated carbocycles. The second-order valence-electron chi connectivity index (χ2n) is 4.95. The molecule has 3 atom stereocenters. The molecule has 2 aliphatic rings. The average molecular weight is 204 g/mol. The van der Waals surface area contributed by atoms with Gasteiger partial charge in [-0.2, -0.15) is 0 Å². The molecule has 3 unspecified atom stereocenters. The molecule has 1 N–H and O–H groups in total. The molecule has 2 rings (SSSR count). The van der Waals surface area contributed by atoms with Gasteiger partial charge >= 0.3 is 0 Å². The van der Waals surface area contributed by atoms with Crippen LogP contribution in [-0.2, 0) is 0 Å². The van der Waals surface area contributed by atoms with Crippen LogP contribution in [0.5, 0.6) is 0 Å². The molecule has 0 heterocycles. The lowest BCUT2D eigenvalue weighted by Crippen LogP contribution is -2.35. The molecule has 14 heavy (non-hydrogen) atoms. The maximum absolute atomic E-state index is 13.1. The first kappa shape index (κ1) is 10.3. The first-order chi connectivity index (χ1) is 6.48. The van der Waals surface area contributed by atoms with Gasteiger partial charge in [0.15, 0.2) is 0 Å². The maximum atomic E-state index is 13.1. The third kappa shape index (κ3) is 1.67. The van der Waals surface area contributed by atoms with Gasteiger partial charge in [-0.05, 0) is 31.1 Å². The van der Waals surface area contributed by atoms with E-state index in [2.05, 4.69) is 0 Å². The Bertz CT molecular complexity index is 229. The Kier molecular flexibility index (Phi) is 2.33. The van der Waals surface area contributed by atoms with Gasteiger partial charge in [-0.3, -0.25) is 0 Å². The Hall–Kier alpha value is -0.180. The first-order valence-electron chi connectivity index (χ1n) is 5.58. The zero-order valence-corrected chi connectivity index (χ0v) is 8.60. The van der Waals surface area contributed by atoms with Gasteiger partial charge in [0.2, 0.25) is 5.92 Å². The zero-order valence-electron chi connectivity index (χ0n) is 8.60. The van der Waals surface area contributed by atoms with Crippen molar-refractivity contribution in [3.8, 4) is 0 Å². The molecule has 0 amide bonds. The van der Waals surface area contributed by atoms with E-state index in [4.69, 9.17) is 0 Å². The maximum Gasteiger partial charge on any atom is 0.248 e. The fourth-order valence-corrected chi connectivity index (χ4v) is 2.93. The molecule has 1 nitrogen and oxygen atoms in total. The number of aliphatic hydroxyl groups is 1. The highest BCUT2D eigenvalue weighted by Crippen LogP contribution is 2.56. The van der Waals surface area contributed by atoms with E-state index in [0.717, 1.165) is 19.3 Å². The van der Waals surface area contributed by atoms with Crippen LogP contribution < -0.4 is 0 Å². The molecule has 2 fully saturated rings. The van der Waals surface area contributed by atoms with Crippen LogP contribution in [0.25, 0.3) is 0 Å². The summed E-state index contributed by atoms with van der Waals surface area (Å²) in [6, 6.07) is 0. The van der Waals surface area contributed by atoms with E-state index < -0.39 is 11.5 Å². The topological polar surface area (TPSA) is 20.2 Å². The van der Waals surface area contributed by atoms with Gasteiger partial charge in [-0.15, -0.1) is 0 Å². The monoisotopic (exact) mass is 204 g/mol. The lowest BCUT2D eigenvalue weighted by molar-refractivity contribution is -0.0849. The summed E-state index contributed by atoms with van der Waals surface area (Å²) in [4.78, 5) is 0. The summed E-state index contributed by atoms with van der Waals surface area (Å²) in [6.45, 7) is 2.02. The molecule has 2 aliphatic carbocycles. The van der Waals surface area contributed by atoms with Crippen molar-refractivity contribution in [1.82, 2.24) is 0 Å². The van der Waals surface area contributed by atoms with E-state index in [9.17, 15) is 13.9 Å². The molecule has 0 aliphatic heterocycles. The van der Waals surface area contributed by atoms with Crippen LogP contribution in [0.4, 0.5) is 8.78 Å². The van der Waals surface area contributed by atoms with Crippen molar-refractivity contribution >= 4 is 0 Å². The van der Waals surface area contributed by atoms with Gasteiger partial charge in [-0.25, -0.2) is 8.78 Å². The van der Waals surface area contributed by atoms with Crippen LogP contribution in [0.2, 0.25) is 0 Å². The van der Waals surface area contributed by atoms with Gasteiger partial charge < -0.3 is 5.11 Å². The number of alkyl halides is 2. The standard InChI is InChI=1S/C11H18F2O/c1-2-8-7-11(8,14)9-4-3-5-10(12,13)6-9/h8-9,14H,2-7H2,1H3. The number of hydrogen-bond donors (Lipinski definition) is 1. The van der Waals surface area contributed by atoms with Crippen molar-refractivity contribution in [3.63, 3.8) is 0 Å². The van der Waals surface area contributed by atoms with E-state index in [1.807, 2.05) is 6.92 Å². The van der Waals surface area contributed by atoms with Gasteiger partial charge in [0.1, 0.15) is 0 Å². The van der Waals surface area contributed by atoms with Gasteiger partial charge in [0.05, 0.1) is 5.60 Å². The van der Waals surface area contributed by atoms with E-state index >= 15 is 0 Å². The molecule has 0 aromatic carbocycles. The van der Waals surface area contributed by atoms with E-state index in [0.29, 0.717) is 6.42 Å². The van der Waals surface area contributed by atoms with Crippen LogP contribution in [0.15, 0.2) is 0 Å². The fourth-order valence-electron chi connectivity index (χ4n) is 2.93. The predicted molar refractivity (Wildman–Crippen MR) is 50.3 cm³/mol. The zero-order chi connectivity index (χ0) is 10.4. The number of rotatable bonds is 2. The second-order valence-corrected chi connectivity index (χ2v) is 4.95. The summed E-state index contributed by atoms with van der Waals surface area (Å²) in [5, 5.41) is 10.1. The molecule has 0 radical (unpaired) electrons. The predicted octanol–water partition coefficient (Wildman–Crippen LogP) is 2.97. The summed E-state index contributed by atoms with van der Waals surface area (Å²) in [5.74, 6) is -2.41. The molecule has 0 aromatic rings. The molecule has 0 aromatic heterocycles. The van der Waals surface area contributed by atoms with Gasteiger partial charge in [0, 0.05) is 12.8 Å². The lowest BCUT2D eigenvalue weighted by Gasteiger charge is -2.32. The summed E-state index contributed by atoms with van der Waals surface area (Å²) >= 11 is 0. The van der Waals surface area contributed by atoms with Crippen molar-refractivity contribution in [2.24, 2.45) is 11.8 Å². The molecule has 0 bridgehead atoms. The summed E-state index contributed by atoms with van der Waals surface area (Å²) < 4.78 is 26.3. The molecule has 82 valence electrons. The first-order valence-corrected chi connectivity index (χ1v) is 5.58. The van der Waals surface area contributed by atoms with Crippen LogP contribution in [0.1, 0.15) is 45.4 Å². The smallest absolute Gasteiger partial charge is 0.248 e. The van der Waals surface area contributed by atoms with E-state index in [1.54, 1.807) is 0 Å². The second kappa shape index (κ2) is 3.16. The SMILES string of the molecule is CCC1CC1(O)C1CCCC(F)(F)C1. The van der Waals surface area contributed by atoms with Gasteiger partial charge in [0.25, 0.3) is 0 Å². The van der Waals surface area contributed by atoms with Crippen molar-refractivity contribution in [3.05, 3.63) is 0 Å². The number of halogens is 2. The third-order valence-corrected chi connectivity index (χ3v) is 3.96. The van der Waals surface area contributed by atoms with Crippen molar-refractivity contribution in [1.29, 1.82) is 0 Å². The lowest BCUT2D eigenvalue weighted by atomic mass is 9.80. The minimum absolute atomic E-state index is 0.0103. The highest BCUT2D eigenvalue weighted by molar-refractivity contribution is 5.08. The van der Waals surface area contributed by atoms with Gasteiger partial charge in [-0.1, -0.05) is 13.3 Å². The summed E-state index contributed by atoms with van der Waals surface area (Å²) in [6.07, 6.45) is 2.91. The summed E-state index contributed by atoms with van der Waals surface area (Å²) in [5.41, 5.74) is -0.737. The largest absolute Gasteiger partial charge is 0.389 e. The Morgan fingerprint density at radius 2 is 2.07 bits per heavy atom. The Balaban J connectivity index is 1.99. The minimum atomic E-state index is -2.53. The van der Waals surface area contributed by atoms with Crippen molar-refractivity contribution < 1.29 is 13.9 Å². The Morgan fingerprint density at radius 3 is 2.57 bits per heavy atom. The van der Waals surface area contributed by atoms with Crippen molar-refractivity contribution in [2.45, 2.75) is 57.0 Å².